The number of hydrogen-bond donors (Lipinski definition) is 7. The molecule has 0 spiro atoms. The summed E-state index contributed by atoms with van der Waals surface area (Å²) in [7, 11) is 0. The van der Waals surface area contributed by atoms with Gasteiger partial charge in [0.1, 0.15) is 34.5 Å². The first-order chi connectivity index (χ1) is 18.3. The summed E-state index contributed by atoms with van der Waals surface area (Å²) >= 11 is 0. The molecule has 6 rings (SSSR count). The van der Waals surface area contributed by atoms with Crippen molar-refractivity contribution in [3.8, 4) is 45.6 Å². The van der Waals surface area contributed by atoms with Crippen molar-refractivity contribution in [2.24, 2.45) is 0 Å². The molecule has 1 unspecified atom stereocenters. The van der Waals surface area contributed by atoms with Crippen LogP contribution in [-0.2, 0) is 12.8 Å². The van der Waals surface area contributed by atoms with Gasteiger partial charge in [0.15, 0.2) is 5.78 Å². The van der Waals surface area contributed by atoms with Gasteiger partial charge in [0.25, 0.3) is 0 Å². The molecule has 0 radical (unpaired) electrons. The Kier molecular flexibility index (Phi) is 4.96. The van der Waals surface area contributed by atoms with Gasteiger partial charge < -0.3 is 35.7 Å². The zero-order valence-corrected chi connectivity index (χ0v) is 21.0. The Morgan fingerprint density at radius 1 is 0.667 bits per heavy atom. The number of ketones is 2. The van der Waals surface area contributed by atoms with E-state index in [4.69, 9.17) is 0 Å². The van der Waals surface area contributed by atoms with E-state index in [1.165, 1.54) is 19.1 Å². The molecule has 0 heterocycles. The number of aromatic hydroxyl groups is 6. The third-order valence-electron chi connectivity index (χ3n) is 7.63. The molecule has 39 heavy (non-hydrogen) atoms. The Balaban J connectivity index is 1.72. The quantitative estimate of drug-likeness (QED) is 0.169. The fourth-order valence-electron chi connectivity index (χ4n) is 6.19. The second-order valence-corrected chi connectivity index (χ2v) is 10.7. The molecule has 0 aliphatic heterocycles. The summed E-state index contributed by atoms with van der Waals surface area (Å²) in [5.41, 5.74) is -0.104. The summed E-state index contributed by atoms with van der Waals surface area (Å²) in [6.45, 7) is 3.22. The maximum Gasteiger partial charge on any atom is 0.201 e. The maximum atomic E-state index is 13.5. The third-order valence-corrected chi connectivity index (χ3v) is 7.63. The minimum Gasteiger partial charge on any atom is -0.507 e. The highest BCUT2D eigenvalue weighted by molar-refractivity contribution is 6.19. The molecular formula is C30H24O9. The third kappa shape index (κ3) is 3.43. The molecule has 0 saturated heterocycles. The summed E-state index contributed by atoms with van der Waals surface area (Å²) in [4.78, 5) is 26.3. The topological polar surface area (TPSA) is 176 Å². The zero-order valence-electron chi connectivity index (χ0n) is 21.0. The maximum absolute atomic E-state index is 13.5. The predicted molar refractivity (Wildman–Crippen MR) is 140 cm³/mol. The van der Waals surface area contributed by atoms with Crippen LogP contribution in [0.15, 0.2) is 30.3 Å². The van der Waals surface area contributed by atoms with Gasteiger partial charge >= 0.3 is 0 Å². The number of phenols is 6. The fraction of sp³-hybridized carbons (Fsp3) is 0.200. The van der Waals surface area contributed by atoms with Crippen molar-refractivity contribution >= 4 is 22.3 Å². The van der Waals surface area contributed by atoms with Crippen LogP contribution in [0.3, 0.4) is 0 Å². The van der Waals surface area contributed by atoms with Crippen LogP contribution in [0.5, 0.6) is 34.5 Å². The normalized spacial score (nSPS) is 18.1. The van der Waals surface area contributed by atoms with Gasteiger partial charge in [-0.3, -0.25) is 9.59 Å². The van der Waals surface area contributed by atoms with Crippen molar-refractivity contribution in [2.45, 2.75) is 38.7 Å². The van der Waals surface area contributed by atoms with E-state index in [-0.39, 0.29) is 74.7 Å². The van der Waals surface area contributed by atoms with Crippen LogP contribution >= 0.6 is 0 Å². The summed E-state index contributed by atoms with van der Waals surface area (Å²) in [6, 6.07) is 6.50. The number of carbonyl (C=O) groups is 2. The second kappa shape index (κ2) is 7.87. The molecule has 9 nitrogen and oxygen atoms in total. The average molecular weight is 529 g/mol. The molecule has 2 aliphatic carbocycles. The van der Waals surface area contributed by atoms with E-state index in [0.29, 0.717) is 11.1 Å². The van der Waals surface area contributed by atoms with Crippen LogP contribution in [0.2, 0.25) is 0 Å². The lowest BCUT2D eigenvalue weighted by Crippen LogP contribution is -2.35. The van der Waals surface area contributed by atoms with Gasteiger partial charge in [0.2, 0.25) is 5.78 Å². The number of hydrogen-bond acceptors (Lipinski definition) is 9. The van der Waals surface area contributed by atoms with Crippen molar-refractivity contribution in [3.63, 3.8) is 0 Å². The lowest BCUT2D eigenvalue weighted by Gasteiger charge is -2.30. The highest BCUT2D eigenvalue weighted by atomic mass is 16.3. The Bertz CT molecular complexity index is 1810. The number of carbonyl (C=O) groups excluding carboxylic acids is 2. The Morgan fingerprint density at radius 2 is 1.28 bits per heavy atom. The molecule has 1 atom stereocenters. The molecule has 2 aliphatic rings. The van der Waals surface area contributed by atoms with Crippen molar-refractivity contribution in [2.75, 3.05) is 0 Å². The predicted octanol–water partition coefficient (Wildman–Crippen LogP) is 4.06. The van der Waals surface area contributed by atoms with Crippen LogP contribution in [0.1, 0.15) is 61.9 Å². The SMILES string of the molecule is Cc1cc(O)c2c(c1)Cc1c(c(O)cc(O)c1-c1c(O)cc(O)c3c(O)c4c(cc13)CC(C)(O)CC4=O)C2=O. The minimum atomic E-state index is -1.39. The number of rotatable bonds is 1. The summed E-state index contributed by atoms with van der Waals surface area (Å²) in [5.74, 6) is -4.00. The smallest absolute Gasteiger partial charge is 0.201 e. The van der Waals surface area contributed by atoms with Crippen molar-refractivity contribution in [3.05, 3.63) is 69.3 Å². The molecule has 9 heteroatoms. The number of aliphatic hydroxyl groups is 1. The van der Waals surface area contributed by atoms with Crippen LogP contribution in [-0.4, -0.2) is 52.9 Å². The van der Waals surface area contributed by atoms with E-state index >= 15 is 0 Å². The van der Waals surface area contributed by atoms with Crippen LogP contribution in [0.25, 0.3) is 21.9 Å². The molecular weight excluding hydrogens is 504 g/mol. The van der Waals surface area contributed by atoms with Crippen molar-refractivity contribution in [1.29, 1.82) is 0 Å². The lowest BCUT2D eigenvalue weighted by atomic mass is 9.76. The van der Waals surface area contributed by atoms with Crippen molar-refractivity contribution in [1.82, 2.24) is 0 Å². The van der Waals surface area contributed by atoms with Gasteiger partial charge in [-0.05, 0) is 54.7 Å². The summed E-state index contributed by atoms with van der Waals surface area (Å²) in [5, 5.41) is 75.7. The number of phenolic OH excluding ortho intramolecular Hbond substituents is 6. The fourth-order valence-corrected chi connectivity index (χ4v) is 6.19. The Labute approximate surface area is 221 Å². The highest BCUT2D eigenvalue weighted by Crippen LogP contribution is 2.53. The van der Waals surface area contributed by atoms with E-state index in [0.717, 1.165) is 12.1 Å². The van der Waals surface area contributed by atoms with E-state index in [9.17, 15) is 45.3 Å². The first-order valence-corrected chi connectivity index (χ1v) is 12.2. The van der Waals surface area contributed by atoms with Gasteiger partial charge in [-0.1, -0.05) is 6.07 Å². The highest BCUT2D eigenvalue weighted by Gasteiger charge is 2.38. The van der Waals surface area contributed by atoms with Crippen molar-refractivity contribution < 1.29 is 45.3 Å². The lowest BCUT2D eigenvalue weighted by molar-refractivity contribution is 0.0409. The molecule has 7 N–H and O–H groups in total. The molecule has 4 aromatic rings. The van der Waals surface area contributed by atoms with Gasteiger partial charge in [-0.2, -0.15) is 0 Å². The Hall–Kier alpha value is -4.76. The van der Waals surface area contributed by atoms with Crippen LogP contribution < -0.4 is 0 Å². The first-order valence-electron chi connectivity index (χ1n) is 12.2. The number of aryl methyl sites for hydroxylation is 1. The number of benzene rings is 4. The van der Waals surface area contributed by atoms with Gasteiger partial charge in [-0.25, -0.2) is 0 Å². The minimum absolute atomic E-state index is 0.00247. The van der Waals surface area contributed by atoms with E-state index in [1.807, 2.05) is 0 Å². The average Bonchev–Trinajstić information content (AvgIpc) is 2.78. The molecule has 4 aromatic carbocycles. The molecule has 0 saturated carbocycles. The van der Waals surface area contributed by atoms with E-state index < -0.39 is 45.9 Å². The second-order valence-electron chi connectivity index (χ2n) is 10.7. The largest absolute Gasteiger partial charge is 0.507 e. The molecule has 0 aromatic heterocycles. The monoisotopic (exact) mass is 528 g/mol. The summed E-state index contributed by atoms with van der Waals surface area (Å²) in [6.07, 6.45) is -0.239. The Morgan fingerprint density at radius 3 is 2.00 bits per heavy atom. The molecule has 198 valence electrons. The van der Waals surface area contributed by atoms with Crippen LogP contribution in [0.4, 0.5) is 0 Å². The zero-order chi connectivity index (χ0) is 28.1. The standard InChI is InChI=1S/C30H24O9/c1-11-3-12-5-14-24(17(32)7-19(34)26(14)28(37)22(12)16(31)4-11)25-15-6-13-9-30(2,39)10-21(36)23(13)29(38)27(15)20(35)8-18(25)33/h3-4,6-8,31-35,38-39H,5,9-10H2,1-2H3. The van der Waals surface area contributed by atoms with Gasteiger partial charge in [-0.15, -0.1) is 0 Å². The van der Waals surface area contributed by atoms with Crippen LogP contribution in [0, 0.1) is 6.92 Å². The van der Waals surface area contributed by atoms with E-state index in [1.54, 1.807) is 13.0 Å². The van der Waals surface area contributed by atoms with Gasteiger partial charge in [0, 0.05) is 41.5 Å². The number of fused-ring (bicyclic) bond motifs is 4. The van der Waals surface area contributed by atoms with E-state index in [2.05, 4.69) is 0 Å². The molecule has 0 bridgehead atoms. The molecule has 0 fully saturated rings. The van der Waals surface area contributed by atoms with Gasteiger partial charge in [0.05, 0.1) is 27.7 Å². The summed E-state index contributed by atoms with van der Waals surface area (Å²) < 4.78 is 0. The number of Topliss-reactive ketones (excluding diaryl/α,β-unsaturated/α-hetero) is 1. The molecule has 0 amide bonds. The first kappa shape index (κ1) is 24.6.